The van der Waals surface area contributed by atoms with Gasteiger partial charge in [0.1, 0.15) is 5.82 Å². The van der Waals surface area contributed by atoms with Crippen LogP contribution in [-0.4, -0.2) is 66.3 Å². The number of ketones is 1. The summed E-state index contributed by atoms with van der Waals surface area (Å²) in [5, 5.41) is 8.31. The Kier molecular flexibility index (Phi) is 5.56. The van der Waals surface area contributed by atoms with Crippen molar-refractivity contribution in [1.29, 1.82) is 0 Å². The van der Waals surface area contributed by atoms with E-state index in [0.717, 1.165) is 43.6 Å². The van der Waals surface area contributed by atoms with Gasteiger partial charge in [0.05, 0.1) is 17.0 Å². The molecule has 1 aromatic heterocycles. The molecule has 3 heterocycles. The third-order valence-corrected chi connectivity index (χ3v) is 8.45. The van der Waals surface area contributed by atoms with E-state index in [9.17, 15) is 17.6 Å². The van der Waals surface area contributed by atoms with Crippen LogP contribution in [0.4, 0.5) is 4.39 Å². The Morgan fingerprint density at radius 3 is 2.69 bits per heavy atom. The fraction of sp³-hybridized carbons (Fsp3) is 0.391. The molecule has 0 bridgehead atoms. The van der Waals surface area contributed by atoms with Crippen molar-refractivity contribution in [2.75, 3.05) is 32.7 Å². The van der Waals surface area contributed by atoms with E-state index in [2.05, 4.69) is 15.1 Å². The summed E-state index contributed by atoms with van der Waals surface area (Å²) in [4.78, 5) is 14.8. The number of aromatic amines is 1. The van der Waals surface area contributed by atoms with Crippen LogP contribution in [0.5, 0.6) is 0 Å². The highest BCUT2D eigenvalue weighted by Crippen LogP contribution is 2.32. The molecule has 2 aliphatic rings. The third-order valence-electron chi connectivity index (χ3n) is 6.55. The molecule has 3 aromatic rings. The van der Waals surface area contributed by atoms with Gasteiger partial charge in [0.15, 0.2) is 5.78 Å². The van der Waals surface area contributed by atoms with Crippen molar-refractivity contribution in [2.24, 2.45) is 0 Å². The smallest absolute Gasteiger partial charge is 0.244 e. The second-order valence-electron chi connectivity index (χ2n) is 8.53. The Hall–Kier alpha value is -2.62. The molecule has 1 saturated heterocycles. The highest BCUT2D eigenvalue weighted by Gasteiger charge is 2.35. The van der Waals surface area contributed by atoms with Crippen LogP contribution in [0.1, 0.15) is 41.2 Å². The predicted molar refractivity (Wildman–Crippen MR) is 119 cm³/mol. The van der Waals surface area contributed by atoms with Crippen LogP contribution >= 0.6 is 0 Å². The predicted octanol–water partition coefficient (Wildman–Crippen LogP) is 3.16. The lowest BCUT2D eigenvalue weighted by atomic mass is 9.91. The number of halogens is 1. The first-order valence-electron chi connectivity index (χ1n) is 10.9. The summed E-state index contributed by atoms with van der Waals surface area (Å²) in [5.74, 6) is -0.0903. The minimum atomic E-state index is -3.62. The molecule has 9 heteroatoms. The second-order valence-corrected chi connectivity index (χ2v) is 10.4. The minimum absolute atomic E-state index is 0.0884. The standard InChI is InChI=1S/C23H25FN4O3S/c24-17-6-7-18-20(14-17)25-26-23(18)16-8-12-27(13-9-16)10-3-11-28-15-21(29)19-4-1-2-5-22(19)32(28,30)31/h1-2,4-7,14,16H,3,8-13,15H2,(H,25,26). The summed E-state index contributed by atoms with van der Waals surface area (Å²) in [5.41, 5.74) is 2.01. The molecule has 0 saturated carbocycles. The lowest BCUT2D eigenvalue weighted by Gasteiger charge is -2.32. The van der Waals surface area contributed by atoms with Crippen molar-refractivity contribution >= 4 is 26.7 Å². The number of carbonyl (C=O) groups is 1. The van der Waals surface area contributed by atoms with E-state index in [1.54, 1.807) is 24.3 Å². The highest BCUT2D eigenvalue weighted by atomic mass is 32.2. The molecule has 5 rings (SSSR count). The van der Waals surface area contributed by atoms with Crippen molar-refractivity contribution in [3.05, 3.63) is 59.5 Å². The van der Waals surface area contributed by atoms with Crippen molar-refractivity contribution in [3.63, 3.8) is 0 Å². The number of nitrogens with zero attached hydrogens (tertiary/aromatic N) is 3. The topological polar surface area (TPSA) is 86.4 Å². The number of fused-ring (bicyclic) bond motifs is 2. The van der Waals surface area contributed by atoms with Crippen molar-refractivity contribution in [1.82, 2.24) is 19.4 Å². The number of sulfonamides is 1. The van der Waals surface area contributed by atoms with Crippen LogP contribution in [-0.2, 0) is 10.0 Å². The van der Waals surface area contributed by atoms with Crippen LogP contribution in [0.25, 0.3) is 10.9 Å². The Balaban J connectivity index is 1.16. The molecule has 0 aliphatic carbocycles. The Morgan fingerprint density at radius 1 is 1.09 bits per heavy atom. The number of hydrogen-bond donors (Lipinski definition) is 1. The molecule has 32 heavy (non-hydrogen) atoms. The first-order chi connectivity index (χ1) is 15.4. The van der Waals surface area contributed by atoms with E-state index < -0.39 is 10.0 Å². The number of nitrogens with one attached hydrogen (secondary N) is 1. The Bertz CT molecular complexity index is 1270. The zero-order valence-electron chi connectivity index (χ0n) is 17.6. The molecule has 0 atom stereocenters. The molecule has 7 nitrogen and oxygen atoms in total. The summed E-state index contributed by atoms with van der Waals surface area (Å²) in [7, 11) is -3.62. The highest BCUT2D eigenvalue weighted by molar-refractivity contribution is 7.89. The molecular formula is C23H25FN4O3S. The van der Waals surface area contributed by atoms with Gasteiger partial charge in [-0.05, 0) is 63.2 Å². The van der Waals surface area contributed by atoms with Gasteiger partial charge in [-0.15, -0.1) is 0 Å². The van der Waals surface area contributed by atoms with Crippen LogP contribution in [0.15, 0.2) is 47.4 Å². The first-order valence-corrected chi connectivity index (χ1v) is 12.4. The molecular weight excluding hydrogens is 431 g/mol. The molecule has 1 fully saturated rings. The van der Waals surface area contributed by atoms with E-state index in [4.69, 9.17) is 0 Å². The van der Waals surface area contributed by atoms with E-state index in [1.165, 1.54) is 22.5 Å². The maximum atomic E-state index is 13.4. The summed E-state index contributed by atoms with van der Waals surface area (Å²) >= 11 is 0. The summed E-state index contributed by atoms with van der Waals surface area (Å²) in [6.45, 7) is 2.83. The molecule has 0 spiro atoms. The van der Waals surface area contributed by atoms with E-state index in [0.29, 0.717) is 30.0 Å². The minimum Gasteiger partial charge on any atom is -0.303 e. The van der Waals surface area contributed by atoms with Gasteiger partial charge < -0.3 is 4.90 Å². The van der Waals surface area contributed by atoms with Crippen molar-refractivity contribution in [2.45, 2.75) is 30.1 Å². The zero-order chi connectivity index (χ0) is 22.3. The molecule has 2 aromatic carbocycles. The number of aromatic nitrogens is 2. The first kappa shape index (κ1) is 21.2. The number of rotatable bonds is 5. The normalized spacial score (nSPS) is 20.0. The van der Waals surface area contributed by atoms with Gasteiger partial charge in [0.2, 0.25) is 10.0 Å². The van der Waals surface area contributed by atoms with Gasteiger partial charge in [0, 0.05) is 35.2 Å². The molecule has 0 radical (unpaired) electrons. The van der Waals surface area contributed by atoms with Gasteiger partial charge in [-0.3, -0.25) is 9.89 Å². The van der Waals surface area contributed by atoms with Crippen LogP contribution in [0.2, 0.25) is 0 Å². The number of carbonyl (C=O) groups excluding carboxylic acids is 1. The second kappa shape index (κ2) is 8.38. The SMILES string of the molecule is O=C1CN(CCCN2CCC(c3[nH]nc4cc(F)ccc34)CC2)S(=O)(=O)c2ccccc21. The van der Waals surface area contributed by atoms with Crippen LogP contribution in [0.3, 0.4) is 0 Å². The quantitative estimate of drug-likeness (QED) is 0.637. The lowest BCUT2D eigenvalue weighted by molar-refractivity contribution is 0.0953. The van der Waals surface area contributed by atoms with Crippen molar-refractivity contribution in [3.8, 4) is 0 Å². The van der Waals surface area contributed by atoms with Gasteiger partial charge in [0.25, 0.3) is 0 Å². The van der Waals surface area contributed by atoms with Crippen LogP contribution < -0.4 is 0 Å². The molecule has 1 N–H and O–H groups in total. The maximum absolute atomic E-state index is 13.4. The number of Topliss-reactive ketones (excluding diaryl/α,β-unsaturated/α-hetero) is 1. The van der Waals surface area contributed by atoms with Crippen LogP contribution in [0, 0.1) is 5.82 Å². The third kappa shape index (κ3) is 3.85. The van der Waals surface area contributed by atoms with Gasteiger partial charge in [-0.2, -0.15) is 9.40 Å². The summed E-state index contributed by atoms with van der Waals surface area (Å²) < 4.78 is 40.4. The average molecular weight is 457 g/mol. The Labute approximate surface area is 186 Å². The largest absolute Gasteiger partial charge is 0.303 e. The summed E-state index contributed by atoms with van der Waals surface area (Å²) in [6.07, 6.45) is 2.59. The fourth-order valence-corrected chi connectivity index (χ4v) is 6.47. The van der Waals surface area contributed by atoms with E-state index >= 15 is 0 Å². The Morgan fingerprint density at radius 2 is 1.88 bits per heavy atom. The molecule has 168 valence electrons. The van der Waals surface area contributed by atoms with E-state index in [-0.39, 0.29) is 23.0 Å². The van der Waals surface area contributed by atoms with Crippen molar-refractivity contribution < 1.29 is 17.6 Å². The number of benzene rings is 2. The molecule has 2 aliphatic heterocycles. The van der Waals surface area contributed by atoms with Gasteiger partial charge in [-0.1, -0.05) is 12.1 Å². The molecule has 0 unspecified atom stereocenters. The van der Waals surface area contributed by atoms with Gasteiger partial charge >= 0.3 is 0 Å². The number of likely N-dealkylation sites (tertiary alicyclic amines) is 1. The zero-order valence-corrected chi connectivity index (χ0v) is 18.4. The number of hydrogen-bond acceptors (Lipinski definition) is 5. The lowest BCUT2D eigenvalue weighted by Crippen LogP contribution is -2.42. The number of piperidine rings is 1. The average Bonchev–Trinajstić information content (AvgIpc) is 3.21. The monoisotopic (exact) mass is 456 g/mol. The van der Waals surface area contributed by atoms with E-state index in [1.807, 2.05) is 0 Å². The van der Waals surface area contributed by atoms with Gasteiger partial charge in [-0.25, -0.2) is 12.8 Å². The maximum Gasteiger partial charge on any atom is 0.244 e. The fourth-order valence-electron chi connectivity index (χ4n) is 4.82. The molecule has 0 amide bonds. The summed E-state index contributed by atoms with van der Waals surface area (Å²) in [6, 6.07) is 11.1. The number of H-pyrrole nitrogens is 1.